The largest absolute Gasteiger partial charge is 0.368 e. The van der Waals surface area contributed by atoms with E-state index in [0.717, 1.165) is 11.1 Å². The molecular weight excluding hydrogens is 256 g/mol. The van der Waals surface area contributed by atoms with Gasteiger partial charge in [-0.3, -0.25) is 9.59 Å². The minimum absolute atomic E-state index is 0.0445. The first-order valence-electron chi connectivity index (χ1n) is 6.47. The number of Topliss-reactive ketones (excluding diaryl/α,β-unsaturated/α-hetero) is 1. The van der Waals surface area contributed by atoms with Crippen molar-refractivity contribution in [1.29, 1.82) is 0 Å². The summed E-state index contributed by atoms with van der Waals surface area (Å²) in [5.41, 5.74) is 7.66. The molecule has 108 valence electrons. The van der Waals surface area contributed by atoms with Gasteiger partial charge in [-0.2, -0.15) is 0 Å². The van der Waals surface area contributed by atoms with Crippen LogP contribution in [0.15, 0.2) is 18.2 Å². The van der Waals surface area contributed by atoms with E-state index in [1.54, 1.807) is 12.1 Å². The molecule has 0 unspecified atom stereocenters. The highest BCUT2D eigenvalue weighted by Crippen LogP contribution is 2.09. The molecule has 0 aromatic heterocycles. The van der Waals surface area contributed by atoms with Gasteiger partial charge < -0.3 is 15.8 Å². The molecule has 0 bridgehead atoms. The first kappa shape index (κ1) is 15.9. The van der Waals surface area contributed by atoms with E-state index in [0.29, 0.717) is 5.56 Å². The molecule has 20 heavy (non-hydrogen) atoms. The summed E-state index contributed by atoms with van der Waals surface area (Å²) in [6, 6.07) is 4.61. The van der Waals surface area contributed by atoms with Crippen LogP contribution in [-0.4, -0.2) is 23.6 Å². The number of rotatable bonds is 6. The standard InChI is InChI=1S/C15H20N2O3/c1-9-6-10(2)8-12(7-9)15(20)17-13(14(16)19)5-4-11(3)18/h6-8,13H,4-5H2,1-3H3,(H2,16,19)(H,17,20)/t13-/m0/s1. The van der Waals surface area contributed by atoms with E-state index in [4.69, 9.17) is 5.73 Å². The van der Waals surface area contributed by atoms with Gasteiger partial charge in [0, 0.05) is 12.0 Å². The number of nitrogens with two attached hydrogens (primary N) is 1. The maximum absolute atomic E-state index is 12.1. The number of carbonyl (C=O) groups is 3. The van der Waals surface area contributed by atoms with Crippen molar-refractivity contribution in [3.8, 4) is 0 Å². The Morgan fingerprint density at radius 2 is 1.70 bits per heavy atom. The maximum atomic E-state index is 12.1. The second-order valence-electron chi connectivity index (χ2n) is 5.05. The third-order valence-electron chi connectivity index (χ3n) is 2.92. The summed E-state index contributed by atoms with van der Waals surface area (Å²) in [7, 11) is 0. The second kappa shape index (κ2) is 6.84. The Morgan fingerprint density at radius 3 is 2.15 bits per heavy atom. The van der Waals surface area contributed by atoms with Crippen LogP contribution in [0.25, 0.3) is 0 Å². The Kier molecular flexibility index (Phi) is 5.43. The molecule has 1 rings (SSSR count). The number of hydrogen-bond acceptors (Lipinski definition) is 3. The van der Waals surface area contributed by atoms with Crippen LogP contribution < -0.4 is 11.1 Å². The molecule has 0 radical (unpaired) electrons. The number of ketones is 1. The van der Waals surface area contributed by atoms with Gasteiger partial charge in [-0.05, 0) is 39.3 Å². The van der Waals surface area contributed by atoms with Crippen molar-refractivity contribution >= 4 is 17.6 Å². The van der Waals surface area contributed by atoms with Crippen LogP contribution >= 0.6 is 0 Å². The molecule has 0 heterocycles. The molecule has 5 nitrogen and oxygen atoms in total. The molecule has 1 atom stereocenters. The lowest BCUT2D eigenvalue weighted by Gasteiger charge is -2.15. The van der Waals surface area contributed by atoms with Crippen LogP contribution in [0.5, 0.6) is 0 Å². The van der Waals surface area contributed by atoms with Crippen molar-refractivity contribution in [2.75, 3.05) is 0 Å². The van der Waals surface area contributed by atoms with Gasteiger partial charge in [0.25, 0.3) is 5.91 Å². The molecule has 0 spiro atoms. The SMILES string of the molecule is CC(=O)CC[C@H](NC(=O)c1cc(C)cc(C)c1)C(N)=O. The topological polar surface area (TPSA) is 89.3 Å². The lowest BCUT2D eigenvalue weighted by molar-refractivity contribution is -0.120. The Bertz CT molecular complexity index is 518. The van der Waals surface area contributed by atoms with Crippen LogP contribution in [-0.2, 0) is 9.59 Å². The van der Waals surface area contributed by atoms with Gasteiger partial charge in [0.1, 0.15) is 11.8 Å². The van der Waals surface area contributed by atoms with Gasteiger partial charge in [-0.15, -0.1) is 0 Å². The van der Waals surface area contributed by atoms with Crippen molar-refractivity contribution in [2.45, 2.75) is 39.7 Å². The molecule has 2 amide bonds. The molecule has 0 saturated carbocycles. The zero-order valence-corrected chi connectivity index (χ0v) is 12.0. The number of benzene rings is 1. The summed E-state index contributed by atoms with van der Waals surface area (Å²) in [6.45, 7) is 5.22. The van der Waals surface area contributed by atoms with Gasteiger partial charge in [-0.25, -0.2) is 0 Å². The van der Waals surface area contributed by atoms with E-state index in [2.05, 4.69) is 5.32 Å². The summed E-state index contributed by atoms with van der Waals surface area (Å²) >= 11 is 0. The third kappa shape index (κ3) is 4.84. The zero-order valence-electron chi connectivity index (χ0n) is 12.0. The first-order valence-corrected chi connectivity index (χ1v) is 6.47. The molecule has 0 aliphatic heterocycles. The normalized spacial score (nSPS) is 11.8. The smallest absolute Gasteiger partial charge is 0.251 e. The molecule has 0 aliphatic rings. The van der Waals surface area contributed by atoms with Crippen LogP contribution in [0.4, 0.5) is 0 Å². The van der Waals surface area contributed by atoms with Gasteiger partial charge in [0.2, 0.25) is 5.91 Å². The quantitative estimate of drug-likeness (QED) is 0.819. The van der Waals surface area contributed by atoms with Crippen molar-refractivity contribution in [2.24, 2.45) is 5.73 Å². The number of aryl methyl sites for hydroxylation is 2. The first-order chi connectivity index (χ1) is 9.29. The summed E-state index contributed by atoms with van der Waals surface area (Å²) in [5, 5.41) is 2.58. The fourth-order valence-corrected chi connectivity index (χ4v) is 1.98. The van der Waals surface area contributed by atoms with Gasteiger partial charge in [0.05, 0.1) is 0 Å². The van der Waals surface area contributed by atoms with Crippen LogP contribution in [0, 0.1) is 13.8 Å². The summed E-state index contributed by atoms with van der Waals surface area (Å²) in [4.78, 5) is 34.4. The van der Waals surface area contributed by atoms with Crippen molar-refractivity contribution in [3.63, 3.8) is 0 Å². The Balaban J connectivity index is 2.79. The molecule has 1 aromatic carbocycles. The maximum Gasteiger partial charge on any atom is 0.251 e. The summed E-state index contributed by atoms with van der Waals surface area (Å²) < 4.78 is 0. The molecule has 1 aromatic rings. The van der Waals surface area contributed by atoms with E-state index in [1.165, 1.54) is 6.92 Å². The van der Waals surface area contributed by atoms with Crippen molar-refractivity contribution < 1.29 is 14.4 Å². The van der Waals surface area contributed by atoms with Gasteiger partial charge in [0.15, 0.2) is 0 Å². The van der Waals surface area contributed by atoms with Crippen molar-refractivity contribution in [3.05, 3.63) is 34.9 Å². The second-order valence-corrected chi connectivity index (χ2v) is 5.05. The predicted molar refractivity (Wildman–Crippen MR) is 76.3 cm³/mol. The van der Waals surface area contributed by atoms with E-state index in [-0.39, 0.29) is 24.5 Å². The molecule has 0 fully saturated rings. The van der Waals surface area contributed by atoms with E-state index >= 15 is 0 Å². The molecule has 5 heteroatoms. The number of amides is 2. The minimum Gasteiger partial charge on any atom is -0.368 e. The molecule has 0 aliphatic carbocycles. The minimum atomic E-state index is -0.827. The highest BCUT2D eigenvalue weighted by atomic mass is 16.2. The average Bonchev–Trinajstić information content (AvgIpc) is 2.32. The number of nitrogens with one attached hydrogen (secondary N) is 1. The predicted octanol–water partition coefficient (Wildman–Crippen LogP) is 1.26. The lowest BCUT2D eigenvalue weighted by atomic mass is 10.1. The Labute approximate surface area is 118 Å². The fraction of sp³-hybridized carbons (Fsp3) is 0.400. The highest BCUT2D eigenvalue weighted by molar-refractivity contribution is 5.97. The van der Waals surface area contributed by atoms with E-state index in [9.17, 15) is 14.4 Å². The number of carbonyl (C=O) groups excluding carboxylic acids is 3. The Morgan fingerprint density at radius 1 is 1.15 bits per heavy atom. The van der Waals surface area contributed by atoms with Crippen LogP contribution in [0.3, 0.4) is 0 Å². The number of primary amides is 1. The number of hydrogen-bond donors (Lipinski definition) is 2. The zero-order chi connectivity index (χ0) is 15.3. The molecule has 0 saturated heterocycles. The summed E-state index contributed by atoms with van der Waals surface area (Å²) in [5.74, 6) is -1.04. The monoisotopic (exact) mass is 276 g/mol. The Hall–Kier alpha value is -2.17. The fourth-order valence-electron chi connectivity index (χ4n) is 1.98. The van der Waals surface area contributed by atoms with E-state index < -0.39 is 11.9 Å². The highest BCUT2D eigenvalue weighted by Gasteiger charge is 2.19. The lowest BCUT2D eigenvalue weighted by Crippen LogP contribution is -2.44. The average molecular weight is 276 g/mol. The van der Waals surface area contributed by atoms with Crippen molar-refractivity contribution in [1.82, 2.24) is 5.32 Å². The van der Waals surface area contributed by atoms with E-state index in [1.807, 2.05) is 19.9 Å². The third-order valence-corrected chi connectivity index (χ3v) is 2.92. The summed E-state index contributed by atoms with van der Waals surface area (Å²) in [6.07, 6.45) is 0.432. The molecular formula is C15H20N2O3. The van der Waals surface area contributed by atoms with Gasteiger partial charge in [-0.1, -0.05) is 17.2 Å². The van der Waals surface area contributed by atoms with Crippen LogP contribution in [0.1, 0.15) is 41.3 Å². The molecule has 3 N–H and O–H groups in total. The van der Waals surface area contributed by atoms with Crippen LogP contribution in [0.2, 0.25) is 0 Å². The van der Waals surface area contributed by atoms with Gasteiger partial charge >= 0.3 is 0 Å².